The highest BCUT2D eigenvalue weighted by Gasteiger charge is 2.37. The first-order chi connectivity index (χ1) is 12.2. The molecule has 140 valence electrons. The zero-order chi connectivity index (χ0) is 17.5. The molecule has 25 heavy (non-hydrogen) atoms. The Hall–Kier alpha value is -1.51. The molecule has 0 spiro atoms. The molecule has 0 saturated carbocycles. The van der Waals surface area contributed by atoms with Gasteiger partial charge in [0.15, 0.2) is 0 Å². The molecule has 3 aliphatic rings. The zero-order valence-corrected chi connectivity index (χ0v) is 14.8. The maximum Gasteiger partial charge on any atom is 0.245 e. The van der Waals surface area contributed by atoms with Gasteiger partial charge in [-0.3, -0.25) is 14.5 Å². The molecular weight excluding hydrogens is 322 g/mol. The van der Waals surface area contributed by atoms with Crippen molar-refractivity contribution in [2.75, 3.05) is 45.9 Å². The number of hydrogen-bond acceptors (Lipinski definition) is 6. The summed E-state index contributed by atoms with van der Waals surface area (Å²) in [7, 11) is 0. The lowest BCUT2D eigenvalue weighted by Crippen LogP contribution is -2.56. The molecular formula is C17H29N5O3. The molecule has 3 aliphatic heterocycles. The summed E-state index contributed by atoms with van der Waals surface area (Å²) < 4.78 is 5.33. The van der Waals surface area contributed by atoms with Gasteiger partial charge in [-0.1, -0.05) is 0 Å². The van der Waals surface area contributed by atoms with Crippen LogP contribution in [0, 0.1) is 5.92 Å². The molecule has 0 aromatic carbocycles. The SMILES string of the molecule is O=C(CC1=NNC(=O)C2CCCNC12)NCCCCN1CCOCC1. The van der Waals surface area contributed by atoms with Crippen LogP contribution in [-0.2, 0) is 14.3 Å². The van der Waals surface area contributed by atoms with E-state index in [9.17, 15) is 9.59 Å². The number of nitrogens with zero attached hydrogens (tertiary/aromatic N) is 2. The topological polar surface area (TPSA) is 95.1 Å². The number of carbonyl (C=O) groups excluding carboxylic acids is 2. The third kappa shape index (κ3) is 5.23. The Morgan fingerprint density at radius 2 is 2.16 bits per heavy atom. The predicted octanol–water partition coefficient (Wildman–Crippen LogP) is -0.541. The second-order valence-electron chi connectivity index (χ2n) is 6.95. The Kier molecular flexibility index (Phi) is 6.77. The van der Waals surface area contributed by atoms with Gasteiger partial charge in [0, 0.05) is 19.6 Å². The van der Waals surface area contributed by atoms with Crippen molar-refractivity contribution in [2.24, 2.45) is 11.0 Å². The molecule has 3 N–H and O–H groups in total. The van der Waals surface area contributed by atoms with E-state index in [2.05, 4.69) is 26.1 Å². The largest absolute Gasteiger partial charge is 0.379 e. The van der Waals surface area contributed by atoms with Crippen LogP contribution in [0.2, 0.25) is 0 Å². The smallest absolute Gasteiger partial charge is 0.245 e. The van der Waals surface area contributed by atoms with Gasteiger partial charge in [0.2, 0.25) is 11.8 Å². The highest BCUT2D eigenvalue weighted by molar-refractivity contribution is 6.07. The molecule has 3 heterocycles. The van der Waals surface area contributed by atoms with Gasteiger partial charge in [-0.15, -0.1) is 0 Å². The number of fused-ring (bicyclic) bond motifs is 1. The van der Waals surface area contributed by atoms with Crippen LogP contribution in [0.1, 0.15) is 32.1 Å². The number of piperidine rings is 1. The molecule has 0 bridgehead atoms. The molecule has 2 saturated heterocycles. The molecule has 0 aromatic heterocycles. The maximum absolute atomic E-state index is 12.2. The van der Waals surface area contributed by atoms with Gasteiger partial charge in [0.1, 0.15) is 0 Å². The molecule has 3 rings (SSSR count). The third-order valence-corrected chi connectivity index (χ3v) is 5.13. The van der Waals surface area contributed by atoms with Gasteiger partial charge >= 0.3 is 0 Å². The summed E-state index contributed by atoms with van der Waals surface area (Å²) in [5.41, 5.74) is 3.31. The number of ether oxygens (including phenoxy) is 1. The minimum Gasteiger partial charge on any atom is -0.379 e. The van der Waals surface area contributed by atoms with Crippen LogP contribution in [-0.4, -0.2) is 74.4 Å². The standard InChI is InChI=1S/C17H29N5O3/c23-15(18-5-1-2-7-22-8-10-25-11-9-22)12-14-16-13(4-3-6-19-16)17(24)21-20-14/h13,16,19H,1-12H2,(H,18,23)(H,21,24). The third-order valence-electron chi connectivity index (χ3n) is 5.13. The fourth-order valence-corrected chi connectivity index (χ4v) is 3.69. The minimum atomic E-state index is -0.0948. The van der Waals surface area contributed by atoms with Crippen molar-refractivity contribution in [3.05, 3.63) is 0 Å². The first-order valence-electron chi connectivity index (χ1n) is 9.40. The van der Waals surface area contributed by atoms with E-state index >= 15 is 0 Å². The second-order valence-corrected chi connectivity index (χ2v) is 6.95. The summed E-state index contributed by atoms with van der Waals surface area (Å²) in [5, 5.41) is 10.4. The van der Waals surface area contributed by atoms with E-state index in [1.54, 1.807) is 0 Å². The lowest BCUT2D eigenvalue weighted by Gasteiger charge is -2.34. The fraction of sp³-hybridized carbons (Fsp3) is 0.824. The Bertz CT molecular complexity index is 505. The average Bonchev–Trinajstić information content (AvgIpc) is 2.65. The summed E-state index contributed by atoms with van der Waals surface area (Å²) in [6.45, 7) is 6.28. The molecule has 0 aromatic rings. The lowest BCUT2D eigenvalue weighted by molar-refractivity contribution is -0.127. The van der Waals surface area contributed by atoms with Gasteiger partial charge in [-0.2, -0.15) is 5.10 Å². The van der Waals surface area contributed by atoms with Crippen molar-refractivity contribution >= 4 is 17.5 Å². The number of nitrogens with one attached hydrogen (secondary N) is 3. The van der Waals surface area contributed by atoms with Crippen molar-refractivity contribution in [3.8, 4) is 0 Å². The number of unbranched alkanes of at least 4 members (excludes halogenated alkanes) is 1. The van der Waals surface area contributed by atoms with E-state index in [1.807, 2.05) is 0 Å². The van der Waals surface area contributed by atoms with Crippen molar-refractivity contribution in [1.82, 2.24) is 21.0 Å². The number of hydrazone groups is 1. The molecule has 0 radical (unpaired) electrons. The monoisotopic (exact) mass is 351 g/mol. The molecule has 2 fully saturated rings. The Balaban J connectivity index is 1.34. The summed E-state index contributed by atoms with van der Waals surface area (Å²) in [4.78, 5) is 26.4. The normalized spacial score (nSPS) is 27.2. The van der Waals surface area contributed by atoms with Crippen LogP contribution in [0.3, 0.4) is 0 Å². The highest BCUT2D eigenvalue weighted by Crippen LogP contribution is 2.21. The van der Waals surface area contributed by atoms with Crippen LogP contribution in [0.25, 0.3) is 0 Å². The average molecular weight is 351 g/mol. The molecule has 8 nitrogen and oxygen atoms in total. The quantitative estimate of drug-likeness (QED) is 0.536. The number of amides is 2. The summed E-state index contributed by atoms with van der Waals surface area (Å²) >= 11 is 0. The van der Waals surface area contributed by atoms with Gasteiger partial charge in [-0.05, 0) is 38.8 Å². The molecule has 0 aliphatic carbocycles. The number of rotatable bonds is 7. The highest BCUT2D eigenvalue weighted by atomic mass is 16.5. The van der Waals surface area contributed by atoms with Crippen LogP contribution in [0.5, 0.6) is 0 Å². The maximum atomic E-state index is 12.2. The molecule has 2 atom stereocenters. The van der Waals surface area contributed by atoms with Gasteiger partial charge in [0.25, 0.3) is 0 Å². The summed E-state index contributed by atoms with van der Waals surface area (Å²) in [6.07, 6.45) is 4.13. The minimum absolute atomic E-state index is 0.0209. The number of morpholine rings is 1. The van der Waals surface area contributed by atoms with Gasteiger partial charge < -0.3 is 15.4 Å². The zero-order valence-electron chi connectivity index (χ0n) is 14.8. The van der Waals surface area contributed by atoms with E-state index in [4.69, 9.17) is 4.74 Å². The Labute approximate surface area is 148 Å². The van der Waals surface area contributed by atoms with Crippen molar-refractivity contribution in [2.45, 2.75) is 38.1 Å². The van der Waals surface area contributed by atoms with E-state index in [0.29, 0.717) is 6.54 Å². The Morgan fingerprint density at radius 1 is 1.32 bits per heavy atom. The number of carbonyl (C=O) groups is 2. The second kappa shape index (κ2) is 9.26. The molecule has 2 unspecified atom stereocenters. The summed E-state index contributed by atoms with van der Waals surface area (Å²) in [6, 6.07) is -0.0884. The van der Waals surface area contributed by atoms with Crippen LogP contribution < -0.4 is 16.1 Å². The van der Waals surface area contributed by atoms with Crippen LogP contribution in [0.4, 0.5) is 0 Å². The van der Waals surface area contributed by atoms with E-state index < -0.39 is 0 Å². The first kappa shape index (κ1) is 18.3. The van der Waals surface area contributed by atoms with Gasteiger partial charge in [0.05, 0.1) is 37.3 Å². The number of hydrogen-bond donors (Lipinski definition) is 3. The van der Waals surface area contributed by atoms with E-state index in [1.165, 1.54) is 0 Å². The lowest BCUT2D eigenvalue weighted by atomic mass is 9.85. The van der Waals surface area contributed by atoms with Crippen LogP contribution >= 0.6 is 0 Å². The van der Waals surface area contributed by atoms with Gasteiger partial charge in [-0.25, -0.2) is 5.43 Å². The molecule has 2 amide bonds. The van der Waals surface area contributed by atoms with E-state index in [-0.39, 0.29) is 30.2 Å². The first-order valence-corrected chi connectivity index (χ1v) is 9.40. The predicted molar refractivity (Wildman–Crippen MR) is 94.2 cm³/mol. The van der Waals surface area contributed by atoms with Crippen LogP contribution in [0.15, 0.2) is 5.10 Å². The Morgan fingerprint density at radius 3 is 3.00 bits per heavy atom. The summed E-state index contributed by atoms with van der Waals surface area (Å²) in [5.74, 6) is -0.153. The van der Waals surface area contributed by atoms with E-state index in [0.717, 1.165) is 70.8 Å². The van der Waals surface area contributed by atoms with Crippen molar-refractivity contribution < 1.29 is 14.3 Å². The fourth-order valence-electron chi connectivity index (χ4n) is 3.69. The molecule has 8 heteroatoms. The van der Waals surface area contributed by atoms with Crippen molar-refractivity contribution in [1.29, 1.82) is 0 Å². The van der Waals surface area contributed by atoms with Crippen molar-refractivity contribution in [3.63, 3.8) is 0 Å².